The van der Waals surface area contributed by atoms with Crippen LogP contribution in [0.2, 0.25) is 5.15 Å². The van der Waals surface area contributed by atoms with Crippen molar-refractivity contribution in [3.05, 3.63) is 40.1 Å². The largest absolute Gasteiger partial charge is 0.379 e. The van der Waals surface area contributed by atoms with Gasteiger partial charge in [0.25, 0.3) is 5.91 Å². The molecule has 6 heteroatoms. The van der Waals surface area contributed by atoms with E-state index in [9.17, 15) is 4.79 Å². The van der Waals surface area contributed by atoms with Gasteiger partial charge >= 0.3 is 0 Å². The van der Waals surface area contributed by atoms with Crippen molar-refractivity contribution in [1.82, 2.24) is 10.3 Å². The van der Waals surface area contributed by atoms with Gasteiger partial charge < -0.3 is 10.1 Å². The number of rotatable bonds is 7. The molecule has 0 unspecified atom stereocenters. The summed E-state index contributed by atoms with van der Waals surface area (Å²) in [5.74, 6) is -0.263. The Morgan fingerprint density at radius 1 is 1.61 bits per heavy atom. The number of pyridine rings is 1. The zero-order valence-electron chi connectivity index (χ0n) is 9.79. The number of ether oxygens (including phenoxy) is 1. The second-order valence-corrected chi connectivity index (χ2v) is 4.71. The third-order valence-corrected chi connectivity index (χ3v) is 2.78. The Kier molecular flexibility index (Phi) is 6.93. The van der Waals surface area contributed by atoms with Gasteiger partial charge in [-0.1, -0.05) is 17.7 Å². The molecular weight excluding hydrogens is 320 g/mol. The Balaban J connectivity index is 2.36. The summed E-state index contributed by atoms with van der Waals surface area (Å²) in [6.07, 6.45) is 4.12. The molecule has 0 fully saturated rings. The number of aromatic nitrogens is 1. The highest BCUT2D eigenvalue weighted by molar-refractivity contribution is 9.10. The van der Waals surface area contributed by atoms with Crippen molar-refractivity contribution >= 4 is 33.4 Å². The number of halogens is 2. The first kappa shape index (κ1) is 15.1. The second kappa shape index (κ2) is 8.24. The van der Waals surface area contributed by atoms with Crippen LogP contribution in [-0.2, 0) is 4.74 Å². The molecule has 1 aromatic heterocycles. The van der Waals surface area contributed by atoms with E-state index in [4.69, 9.17) is 16.3 Å². The first-order valence-electron chi connectivity index (χ1n) is 5.43. The van der Waals surface area contributed by atoms with E-state index >= 15 is 0 Å². The third-order valence-electron chi connectivity index (χ3n) is 2.05. The summed E-state index contributed by atoms with van der Waals surface area (Å²) in [6.45, 7) is 5.08. The van der Waals surface area contributed by atoms with Gasteiger partial charge in [0.1, 0.15) is 5.15 Å². The van der Waals surface area contributed by atoms with Crippen LogP contribution in [0.15, 0.2) is 29.4 Å². The quantitative estimate of drug-likeness (QED) is 0.474. The standard InChI is InChI=1S/C12H14BrClN2O2/c1-2-3-5-18-6-4-15-12(17)10-7-9(13)8-16-11(10)14/h2,7-8H,1,3-6H2,(H,15,17). The van der Waals surface area contributed by atoms with Crippen molar-refractivity contribution in [2.45, 2.75) is 6.42 Å². The summed E-state index contributed by atoms with van der Waals surface area (Å²) in [7, 11) is 0. The predicted molar refractivity (Wildman–Crippen MR) is 74.9 cm³/mol. The van der Waals surface area contributed by atoms with Crippen molar-refractivity contribution in [3.8, 4) is 0 Å². The summed E-state index contributed by atoms with van der Waals surface area (Å²) in [4.78, 5) is 15.7. The van der Waals surface area contributed by atoms with E-state index < -0.39 is 0 Å². The molecule has 98 valence electrons. The van der Waals surface area contributed by atoms with Gasteiger partial charge in [-0.15, -0.1) is 6.58 Å². The molecule has 0 atom stereocenters. The summed E-state index contributed by atoms with van der Waals surface area (Å²) in [5, 5.41) is 2.89. The fraction of sp³-hybridized carbons (Fsp3) is 0.333. The van der Waals surface area contributed by atoms with Gasteiger partial charge in [-0.05, 0) is 28.4 Å². The Morgan fingerprint density at radius 3 is 3.11 bits per heavy atom. The highest BCUT2D eigenvalue weighted by atomic mass is 79.9. The fourth-order valence-electron chi connectivity index (χ4n) is 1.18. The maximum Gasteiger partial charge on any atom is 0.254 e. The van der Waals surface area contributed by atoms with Crippen molar-refractivity contribution in [2.75, 3.05) is 19.8 Å². The molecule has 0 aliphatic rings. The fourth-order valence-corrected chi connectivity index (χ4v) is 1.70. The molecule has 1 N–H and O–H groups in total. The summed E-state index contributed by atoms with van der Waals surface area (Å²) >= 11 is 9.08. The maximum atomic E-state index is 11.8. The number of carbonyl (C=O) groups excluding carboxylic acids is 1. The van der Waals surface area contributed by atoms with Gasteiger partial charge in [-0.3, -0.25) is 4.79 Å². The van der Waals surface area contributed by atoms with E-state index in [0.717, 1.165) is 6.42 Å². The lowest BCUT2D eigenvalue weighted by atomic mass is 10.2. The summed E-state index contributed by atoms with van der Waals surface area (Å²) in [5.41, 5.74) is 0.345. The third kappa shape index (κ3) is 5.16. The Labute approximate surface area is 120 Å². The van der Waals surface area contributed by atoms with Gasteiger partial charge in [-0.2, -0.15) is 0 Å². The molecule has 0 radical (unpaired) electrons. The van der Waals surface area contributed by atoms with E-state index in [0.29, 0.717) is 29.8 Å². The van der Waals surface area contributed by atoms with E-state index in [-0.39, 0.29) is 11.1 Å². The Hall–Kier alpha value is -0.910. The van der Waals surface area contributed by atoms with Crippen molar-refractivity contribution < 1.29 is 9.53 Å². The van der Waals surface area contributed by atoms with E-state index in [2.05, 4.69) is 32.8 Å². The SMILES string of the molecule is C=CCCOCCNC(=O)c1cc(Br)cnc1Cl. The number of amides is 1. The average molecular weight is 334 g/mol. The predicted octanol–water partition coefficient (Wildman–Crippen LogP) is 2.82. The molecule has 0 saturated heterocycles. The van der Waals surface area contributed by atoms with Crippen molar-refractivity contribution in [1.29, 1.82) is 0 Å². The molecule has 1 heterocycles. The molecule has 4 nitrogen and oxygen atoms in total. The van der Waals surface area contributed by atoms with Gasteiger partial charge in [0.2, 0.25) is 0 Å². The Bertz CT molecular complexity index is 427. The molecule has 0 bridgehead atoms. The van der Waals surface area contributed by atoms with Gasteiger partial charge in [0, 0.05) is 17.2 Å². The highest BCUT2D eigenvalue weighted by Gasteiger charge is 2.11. The zero-order valence-corrected chi connectivity index (χ0v) is 12.1. The van der Waals surface area contributed by atoms with Gasteiger partial charge in [-0.25, -0.2) is 4.98 Å². The van der Waals surface area contributed by atoms with Gasteiger partial charge in [0.05, 0.1) is 18.8 Å². The number of hydrogen-bond acceptors (Lipinski definition) is 3. The normalized spacial score (nSPS) is 10.1. The molecule has 18 heavy (non-hydrogen) atoms. The highest BCUT2D eigenvalue weighted by Crippen LogP contribution is 2.17. The first-order valence-corrected chi connectivity index (χ1v) is 6.60. The molecule has 0 spiro atoms. The van der Waals surface area contributed by atoms with Crippen LogP contribution in [0.3, 0.4) is 0 Å². The van der Waals surface area contributed by atoms with Crippen LogP contribution in [0.4, 0.5) is 0 Å². The second-order valence-electron chi connectivity index (χ2n) is 3.44. The molecule has 0 aromatic carbocycles. The number of carbonyl (C=O) groups is 1. The van der Waals surface area contributed by atoms with Crippen LogP contribution in [0, 0.1) is 0 Å². The lowest BCUT2D eigenvalue weighted by Gasteiger charge is -2.07. The molecule has 1 aromatic rings. The molecule has 1 rings (SSSR count). The van der Waals surface area contributed by atoms with Crippen LogP contribution >= 0.6 is 27.5 Å². The summed E-state index contributed by atoms with van der Waals surface area (Å²) < 4.78 is 5.98. The maximum absolute atomic E-state index is 11.8. The Morgan fingerprint density at radius 2 is 2.39 bits per heavy atom. The van der Waals surface area contributed by atoms with Crippen LogP contribution in [0.25, 0.3) is 0 Å². The topological polar surface area (TPSA) is 51.2 Å². The van der Waals surface area contributed by atoms with Crippen molar-refractivity contribution in [2.24, 2.45) is 0 Å². The van der Waals surface area contributed by atoms with Crippen LogP contribution in [-0.4, -0.2) is 30.6 Å². The molecule has 0 aliphatic heterocycles. The van der Waals surface area contributed by atoms with Crippen LogP contribution < -0.4 is 5.32 Å². The first-order chi connectivity index (χ1) is 8.65. The number of hydrogen-bond donors (Lipinski definition) is 1. The van der Waals surface area contributed by atoms with Gasteiger partial charge in [0.15, 0.2) is 0 Å². The smallest absolute Gasteiger partial charge is 0.254 e. The van der Waals surface area contributed by atoms with Crippen LogP contribution in [0.5, 0.6) is 0 Å². The van der Waals surface area contributed by atoms with Crippen LogP contribution in [0.1, 0.15) is 16.8 Å². The number of nitrogens with zero attached hydrogens (tertiary/aromatic N) is 1. The lowest BCUT2D eigenvalue weighted by Crippen LogP contribution is -2.27. The lowest BCUT2D eigenvalue weighted by molar-refractivity contribution is 0.0917. The van der Waals surface area contributed by atoms with Crippen molar-refractivity contribution in [3.63, 3.8) is 0 Å². The molecular formula is C12H14BrClN2O2. The minimum atomic E-state index is -0.263. The molecule has 1 amide bonds. The zero-order chi connectivity index (χ0) is 13.4. The van der Waals surface area contributed by atoms with E-state index in [1.165, 1.54) is 6.20 Å². The van der Waals surface area contributed by atoms with E-state index in [1.807, 2.05) is 0 Å². The van der Waals surface area contributed by atoms with E-state index in [1.54, 1.807) is 12.1 Å². The number of nitrogens with one attached hydrogen (secondary N) is 1. The minimum Gasteiger partial charge on any atom is -0.379 e. The average Bonchev–Trinajstić information content (AvgIpc) is 2.36. The minimum absolute atomic E-state index is 0.184. The molecule has 0 aliphatic carbocycles. The monoisotopic (exact) mass is 332 g/mol. The molecule has 0 saturated carbocycles. The summed E-state index contributed by atoms with van der Waals surface area (Å²) in [6, 6.07) is 1.63.